The first-order valence-electron chi connectivity index (χ1n) is 12.9. The number of amides is 2. The molecule has 5 rings (SSSR count). The highest BCUT2D eigenvalue weighted by molar-refractivity contribution is 7.99. The molecule has 0 aliphatic carbocycles. The van der Waals surface area contributed by atoms with E-state index in [1.54, 1.807) is 23.1 Å². The third-order valence-electron chi connectivity index (χ3n) is 6.31. The number of ether oxygens (including phenoxy) is 2. The van der Waals surface area contributed by atoms with Gasteiger partial charge in [0.15, 0.2) is 16.7 Å². The summed E-state index contributed by atoms with van der Waals surface area (Å²) < 4.78 is 10.8. The molecule has 0 saturated carbocycles. The highest BCUT2D eigenvalue weighted by Gasteiger charge is 2.30. The van der Waals surface area contributed by atoms with Crippen LogP contribution in [0.4, 0.5) is 5.69 Å². The van der Waals surface area contributed by atoms with Gasteiger partial charge in [-0.05, 0) is 50.6 Å². The van der Waals surface area contributed by atoms with Crippen LogP contribution in [0.15, 0.2) is 59.1 Å². The summed E-state index contributed by atoms with van der Waals surface area (Å²) in [5.41, 5.74) is 3.92. The predicted octanol–water partition coefficient (Wildman–Crippen LogP) is 6.14. The molecule has 1 aliphatic heterocycles. The molecule has 1 atom stereocenters. The van der Waals surface area contributed by atoms with Crippen molar-refractivity contribution in [1.29, 1.82) is 0 Å². The van der Waals surface area contributed by atoms with Crippen molar-refractivity contribution in [3.8, 4) is 22.8 Å². The number of rotatable bonds is 10. The first kappa shape index (κ1) is 28.8. The quantitative estimate of drug-likeness (QED) is 0.169. The van der Waals surface area contributed by atoms with Gasteiger partial charge >= 0.3 is 0 Å². The number of aromatic nitrogens is 3. The van der Waals surface area contributed by atoms with E-state index in [1.807, 2.05) is 56.5 Å². The van der Waals surface area contributed by atoms with E-state index in [9.17, 15) is 9.59 Å². The lowest BCUT2D eigenvalue weighted by atomic mass is 10.1. The fourth-order valence-corrected chi connectivity index (χ4v) is 6.13. The lowest BCUT2D eigenvalue weighted by Gasteiger charge is -2.29. The van der Waals surface area contributed by atoms with Crippen molar-refractivity contribution in [2.45, 2.75) is 44.9 Å². The molecule has 0 fully saturated rings. The first-order chi connectivity index (χ1) is 19.8. The lowest BCUT2D eigenvalue weighted by molar-refractivity contribution is -0.137. The summed E-state index contributed by atoms with van der Waals surface area (Å²) in [6, 6.07) is 13.8. The SMILES string of the molecule is CCC(C(=O)Nc1ccc2c(c1)OCO2)N(Cc1nc(-c2ccc(Cl)cc2)cs1)C(=O)CSc1nc(C)cc(C)n1. The Morgan fingerprint density at radius 1 is 1.05 bits per heavy atom. The number of carbonyl (C=O) groups is 2. The van der Waals surface area contributed by atoms with E-state index in [0.29, 0.717) is 38.8 Å². The highest BCUT2D eigenvalue weighted by Crippen LogP contribution is 2.34. The zero-order valence-electron chi connectivity index (χ0n) is 22.7. The zero-order chi connectivity index (χ0) is 28.9. The van der Waals surface area contributed by atoms with E-state index in [4.69, 9.17) is 26.1 Å². The predicted molar refractivity (Wildman–Crippen MR) is 161 cm³/mol. The van der Waals surface area contributed by atoms with Crippen LogP contribution in [0, 0.1) is 13.8 Å². The van der Waals surface area contributed by atoms with E-state index >= 15 is 0 Å². The highest BCUT2D eigenvalue weighted by atomic mass is 35.5. The third-order valence-corrected chi connectivity index (χ3v) is 8.23. The number of fused-ring (bicyclic) bond motifs is 1. The van der Waals surface area contributed by atoms with Crippen LogP contribution in [0.2, 0.25) is 5.02 Å². The monoisotopic (exact) mass is 609 g/mol. The third kappa shape index (κ3) is 7.16. The standard InChI is InChI=1S/C29H28ClN5O4S2/c1-4-23(28(37)33-21-9-10-24-25(12-21)39-16-38-24)35(27(36)15-41-29-31-17(2)11-18(3)32-29)13-26-34-22(14-40-26)19-5-7-20(30)8-6-19/h5-12,14,23H,4,13,15-16H2,1-3H3,(H,33,37). The minimum atomic E-state index is -0.739. The van der Waals surface area contributed by atoms with E-state index in [0.717, 1.165) is 22.6 Å². The number of nitrogens with one attached hydrogen (secondary N) is 1. The minimum Gasteiger partial charge on any atom is -0.454 e. The van der Waals surface area contributed by atoms with Crippen LogP contribution in [-0.4, -0.2) is 50.3 Å². The van der Waals surface area contributed by atoms with Gasteiger partial charge < -0.3 is 19.7 Å². The molecule has 2 aromatic carbocycles. The second-order valence-corrected chi connectivity index (χ2v) is 11.7. The smallest absolute Gasteiger partial charge is 0.247 e. The Labute approximate surface area is 251 Å². The molecule has 2 amide bonds. The van der Waals surface area contributed by atoms with Crippen LogP contribution in [0.1, 0.15) is 29.7 Å². The summed E-state index contributed by atoms with van der Waals surface area (Å²) in [6.45, 7) is 5.98. The number of anilines is 1. The molecule has 0 spiro atoms. The molecule has 4 aromatic rings. The van der Waals surface area contributed by atoms with E-state index in [1.165, 1.54) is 23.1 Å². The number of nitrogens with zero attached hydrogens (tertiary/aromatic N) is 4. The Morgan fingerprint density at radius 2 is 1.78 bits per heavy atom. The Balaban J connectivity index is 1.37. The van der Waals surface area contributed by atoms with E-state index in [-0.39, 0.29) is 30.9 Å². The van der Waals surface area contributed by atoms with Gasteiger partial charge in [-0.1, -0.05) is 42.4 Å². The molecule has 2 aromatic heterocycles. The van der Waals surface area contributed by atoms with Gasteiger partial charge in [0.1, 0.15) is 11.0 Å². The second-order valence-electron chi connectivity index (χ2n) is 9.36. The summed E-state index contributed by atoms with van der Waals surface area (Å²) in [7, 11) is 0. The number of hydrogen-bond acceptors (Lipinski definition) is 9. The average molecular weight is 610 g/mol. The Bertz CT molecular complexity index is 1540. The zero-order valence-corrected chi connectivity index (χ0v) is 25.1. The van der Waals surface area contributed by atoms with Gasteiger partial charge in [-0.25, -0.2) is 15.0 Å². The van der Waals surface area contributed by atoms with Crippen molar-refractivity contribution in [1.82, 2.24) is 19.9 Å². The van der Waals surface area contributed by atoms with Crippen LogP contribution in [0.25, 0.3) is 11.3 Å². The lowest BCUT2D eigenvalue weighted by Crippen LogP contribution is -2.47. The van der Waals surface area contributed by atoms with Gasteiger partial charge in [-0.2, -0.15) is 0 Å². The van der Waals surface area contributed by atoms with Gasteiger partial charge in [-0.15, -0.1) is 11.3 Å². The normalized spacial score (nSPS) is 12.7. The van der Waals surface area contributed by atoms with Crippen molar-refractivity contribution in [3.05, 3.63) is 75.3 Å². The van der Waals surface area contributed by atoms with Gasteiger partial charge in [0.25, 0.3) is 0 Å². The molecule has 1 aliphatic rings. The van der Waals surface area contributed by atoms with Crippen LogP contribution in [0.3, 0.4) is 0 Å². The van der Waals surface area contributed by atoms with Gasteiger partial charge in [0, 0.05) is 39.1 Å². The number of carbonyl (C=O) groups excluding carboxylic acids is 2. The number of aryl methyl sites for hydroxylation is 2. The van der Waals surface area contributed by atoms with Gasteiger partial charge in [0.2, 0.25) is 18.6 Å². The van der Waals surface area contributed by atoms with Gasteiger partial charge in [0.05, 0.1) is 18.0 Å². The molecule has 41 heavy (non-hydrogen) atoms. The Hall–Kier alpha value is -3.67. The molecular formula is C29H28ClN5O4S2. The summed E-state index contributed by atoms with van der Waals surface area (Å²) in [5, 5.41) is 6.76. The molecule has 12 heteroatoms. The number of halogens is 1. The Kier molecular flexibility index (Phi) is 9.06. The van der Waals surface area contributed by atoms with Crippen molar-refractivity contribution in [3.63, 3.8) is 0 Å². The van der Waals surface area contributed by atoms with Crippen molar-refractivity contribution >= 4 is 52.2 Å². The fourth-order valence-electron chi connectivity index (χ4n) is 4.37. The molecular weight excluding hydrogens is 582 g/mol. The number of thioether (sulfide) groups is 1. The maximum Gasteiger partial charge on any atom is 0.247 e. The molecule has 9 nitrogen and oxygen atoms in total. The molecule has 0 radical (unpaired) electrons. The Morgan fingerprint density at radius 3 is 2.51 bits per heavy atom. The number of thiazole rings is 1. The molecule has 1 N–H and O–H groups in total. The number of hydrogen-bond donors (Lipinski definition) is 1. The second kappa shape index (κ2) is 12.9. The summed E-state index contributed by atoms with van der Waals surface area (Å²) in [4.78, 5) is 42.5. The molecule has 212 valence electrons. The molecule has 1 unspecified atom stereocenters. The molecule has 0 bridgehead atoms. The largest absolute Gasteiger partial charge is 0.454 e. The molecule has 0 saturated heterocycles. The van der Waals surface area contributed by atoms with Crippen molar-refractivity contribution in [2.75, 3.05) is 17.9 Å². The summed E-state index contributed by atoms with van der Waals surface area (Å²) in [5.74, 6) is 0.742. The first-order valence-corrected chi connectivity index (χ1v) is 15.2. The van der Waals surface area contributed by atoms with E-state index < -0.39 is 6.04 Å². The van der Waals surface area contributed by atoms with Crippen molar-refractivity contribution in [2.24, 2.45) is 0 Å². The summed E-state index contributed by atoms with van der Waals surface area (Å²) >= 11 is 8.73. The van der Waals surface area contributed by atoms with Crippen molar-refractivity contribution < 1.29 is 19.1 Å². The topological polar surface area (TPSA) is 107 Å². The van der Waals surface area contributed by atoms with Gasteiger partial charge in [-0.3, -0.25) is 9.59 Å². The maximum atomic E-state index is 13.7. The van der Waals surface area contributed by atoms with Crippen LogP contribution < -0.4 is 14.8 Å². The maximum absolute atomic E-state index is 13.7. The van der Waals surface area contributed by atoms with Crippen LogP contribution >= 0.6 is 34.7 Å². The average Bonchev–Trinajstić information content (AvgIpc) is 3.61. The number of benzene rings is 2. The minimum absolute atomic E-state index is 0.0755. The molecule has 3 heterocycles. The van der Waals surface area contributed by atoms with E-state index in [2.05, 4.69) is 15.3 Å². The summed E-state index contributed by atoms with van der Waals surface area (Å²) in [6.07, 6.45) is 0.405. The van der Waals surface area contributed by atoms with Crippen LogP contribution in [0.5, 0.6) is 11.5 Å². The fraction of sp³-hybridized carbons (Fsp3) is 0.276. The van der Waals surface area contributed by atoms with Crippen LogP contribution in [-0.2, 0) is 16.1 Å².